The molecule has 0 saturated carbocycles. The van der Waals surface area contributed by atoms with Gasteiger partial charge in [0, 0.05) is 23.6 Å². The van der Waals surface area contributed by atoms with Crippen molar-refractivity contribution in [1.82, 2.24) is 4.98 Å². The molecule has 5 rings (SSSR count). The molecule has 0 aliphatic carbocycles. The number of halogens is 1. The fourth-order valence-corrected chi connectivity index (χ4v) is 4.86. The van der Waals surface area contributed by atoms with Crippen LogP contribution < -0.4 is 4.74 Å². The predicted octanol–water partition coefficient (Wildman–Crippen LogP) is 6.97. The molecule has 2 N–H and O–H groups in total. The quantitative estimate of drug-likeness (QED) is 0.315. The summed E-state index contributed by atoms with van der Waals surface area (Å²) in [4.78, 5) is 16.4. The Morgan fingerprint density at radius 2 is 1.86 bits per heavy atom. The van der Waals surface area contributed by atoms with Gasteiger partial charge < -0.3 is 14.9 Å². The first-order chi connectivity index (χ1) is 17.3. The van der Waals surface area contributed by atoms with Crippen LogP contribution in [-0.4, -0.2) is 33.4 Å². The Kier molecular flexibility index (Phi) is 7.24. The average Bonchev–Trinajstić information content (AvgIpc) is 2.79. The van der Waals surface area contributed by atoms with E-state index >= 15 is 4.39 Å². The zero-order valence-electron chi connectivity index (χ0n) is 22.3. The molecule has 194 valence electrons. The number of pyridine rings is 1. The van der Waals surface area contributed by atoms with Crippen LogP contribution >= 0.6 is 0 Å². The normalized spacial score (nSPS) is 12.9. The Hall–Kier alpha value is -3.51. The van der Waals surface area contributed by atoms with Gasteiger partial charge in [-0.2, -0.15) is 0 Å². The van der Waals surface area contributed by atoms with E-state index < -0.39 is 11.6 Å². The molecule has 0 unspecified atom stereocenters. The smallest absolute Gasteiger partial charge is 0.307 e. The Bertz CT molecular complexity index is 1490. The molecule has 0 radical (unpaired) electrons. The number of fused-ring (bicyclic) bond motifs is 1. The van der Waals surface area contributed by atoms with Gasteiger partial charge >= 0.3 is 5.97 Å². The lowest BCUT2D eigenvalue weighted by molar-refractivity contribution is -0.136. The molecule has 1 aliphatic heterocycles. The number of carboxylic acid groups (broad SMARTS) is 1. The van der Waals surface area contributed by atoms with Crippen molar-refractivity contribution < 1.29 is 24.1 Å². The molecular weight excluding hydrogens is 469 g/mol. The number of rotatable bonds is 4. The van der Waals surface area contributed by atoms with Crippen LogP contribution in [0, 0.1) is 12.7 Å². The molecule has 3 aromatic carbocycles. The maximum atomic E-state index is 15.1. The van der Waals surface area contributed by atoms with E-state index in [4.69, 9.17) is 9.84 Å². The van der Waals surface area contributed by atoms with E-state index in [-0.39, 0.29) is 18.2 Å². The highest BCUT2D eigenvalue weighted by Crippen LogP contribution is 2.43. The van der Waals surface area contributed by atoms with E-state index in [1.807, 2.05) is 51.1 Å². The molecule has 0 saturated heterocycles. The van der Waals surface area contributed by atoms with E-state index in [1.54, 1.807) is 33.0 Å². The van der Waals surface area contributed by atoms with Crippen LogP contribution in [0.2, 0.25) is 0 Å². The lowest BCUT2D eigenvalue weighted by Gasteiger charge is -2.22. The SMILES string of the molecule is CC(C)(C)O.Cc1cc2cc(C(C)C)c(F)cc2c(-c2ccc3c4c(ccnc24)CCO3)c1CC(=O)O. The van der Waals surface area contributed by atoms with Gasteiger partial charge in [0.15, 0.2) is 0 Å². The minimum atomic E-state index is -0.924. The van der Waals surface area contributed by atoms with Crippen LogP contribution in [0.15, 0.2) is 42.6 Å². The summed E-state index contributed by atoms with van der Waals surface area (Å²) in [6, 6.07) is 11.2. The number of hydrogen-bond donors (Lipinski definition) is 2. The Labute approximate surface area is 216 Å². The summed E-state index contributed by atoms with van der Waals surface area (Å²) in [5.41, 5.74) is 5.15. The van der Waals surface area contributed by atoms with Crippen molar-refractivity contribution in [3.05, 3.63) is 70.7 Å². The molecule has 4 aromatic rings. The monoisotopic (exact) mass is 503 g/mol. The number of aromatic nitrogens is 1. The number of hydrogen-bond acceptors (Lipinski definition) is 4. The van der Waals surface area contributed by atoms with Gasteiger partial charge in [-0.3, -0.25) is 9.78 Å². The zero-order chi connectivity index (χ0) is 27.1. The lowest BCUT2D eigenvalue weighted by atomic mass is 9.85. The summed E-state index contributed by atoms with van der Waals surface area (Å²) in [6.45, 7) is 11.7. The summed E-state index contributed by atoms with van der Waals surface area (Å²) in [5, 5.41) is 20.7. The number of aryl methyl sites for hydroxylation is 1. The van der Waals surface area contributed by atoms with Crippen LogP contribution in [0.25, 0.3) is 32.8 Å². The van der Waals surface area contributed by atoms with E-state index in [2.05, 4.69) is 4.98 Å². The van der Waals surface area contributed by atoms with E-state index in [1.165, 1.54) is 0 Å². The molecular formula is C31H34FNO4. The third-order valence-corrected chi connectivity index (χ3v) is 6.38. The number of carboxylic acids is 1. The van der Waals surface area contributed by atoms with Gasteiger partial charge in [0.2, 0.25) is 0 Å². The second kappa shape index (κ2) is 10.1. The van der Waals surface area contributed by atoms with Crippen molar-refractivity contribution in [3.63, 3.8) is 0 Å². The number of nitrogens with zero attached hydrogens (tertiary/aromatic N) is 1. The molecule has 37 heavy (non-hydrogen) atoms. The first kappa shape index (κ1) is 26.6. The highest BCUT2D eigenvalue weighted by molar-refractivity contribution is 6.08. The molecule has 0 amide bonds. The van der Waals surface area contributed by atoms with Gasteiger partial charge in [-0.15, -0.1) is 0 Å². The second-order valence-corrected chi connectivity index (χ2v) is 10.9. The number of aliphatic hydroxyl groups is 1. The van der Waals surface area contributed by atoms with Gasteiger partial charge in [0.25, 0.3) is 0 Å². The summed E-state index contributed by atoms with van der Waals surface area (Å²) >= 11 is 0. The number of ether oxygens (including phenoxy) is 1. The summed E-state index contributed by atoms with van der Waals surface area (Å²) in [5.74, 6) is -0.380. The van der Waals surface area contributed by atoms with Crippen LogP contribution in [0.5, 0.6) is 5.75 Å². The lowest BCUT2D eigenvalue weighted by Crippen LogP contribution is -2.10. The molecule has 0 spiro atoms. The average molecular weight is 504 g/mol. The Morgan fingerprint density at radius 3 is 2.51 bits per heavy atom. The molecule has 0 bridgehead atoms. The number of carbonyl (C=O) groups is 1. The van der Waals surface area contributed by atoms with Crippen LogP contribution in [0.4, 0.5) is 4.39 Å². The summed E-state index contributed by atoms with van der Waals surface area (Å²) < 4.78 is 21.0. The fraction of sp³-hybridized carbons (Fsp3) is 0.355. The number of aliphatic carboxylic acids is 1. The molecule has 5 nitrogen and oxygen atoms in total. The summed E-state index contributed by atoms with van der Waals surface area (Å²) in [7, 11) is 0. The van der Waals surface area contributed by atoms with E-state index in [0.29, 0.717) is 23.1 Å². The zero-order valence-corrected chi connectivity index (χ0v) is 22.3. The van der Waals surface area contributed by atoms with E-state index in [9.17, 15) is 9.90 Å². The second-order valence-electron chi connectivity index (χ2n) is 10.9. The first-order valence-electron chi connectivity index (χ1n) is 12.6. The third-order valence-electron chi connectivity index (χ3n) is 6.38. The van der Waals surface area contributed by atoms with Gasteiger partial charge in [-0.1, -0.05) is 19.9 Å². The van der Waals surface area contributed by atoms with Crippen LogP contribution in [0.1, 0.15) is 62.8 Å². The highest BCUT2D eigenvalue weighted by Gasteiger charge is 2.23. The minimum Gasteiger partial charge on any atom is -0.493 e. The standard InChI is InChI=1S/C27H24FNO3.C4H10O/c1-14(2)19-11-17-10-15(3)20(13-24(30)31)26(21(17)12-22(19)28)18-4-5-23-25-16(7-9-32-23)6-8-29-27(18)25;1-4(2,3)5/h4-6,8,10-12,14H,7,9,13H2,1-3H3,(H,30,31);5H,1-3H3. The Balaban J connectivity index is 0.000000586. The van der Waals surface area contributed by atoms with Crippen LogP contribution in [0.3, 0.4) is 0 Å². The first-order valence-corrected chi connectivity index (χ1v) is 12.6. The fourth-order valence-electron chi connectivity index (χ4n) is 4.86. The molecule has 2 heterocycles. The molecule has 1 aromatic heterocycles. The van der Waals surface area contributed by atoms with Crippen molar-refractivity contribution in [2.75, 3.05) is 6.61 Å². The van der Waals surface area contributed by atoms with E-state index in [0.717, 1.165) is 50.7 Å². The molecule has 6 heteroatoms. The summed E-state index contributed by atoms with van der Waals surface area (Å²) in [6.07, 6.45) is 2.42. The van der Waals surface area contributed by atoms with Crippen LogP contribution in [-0.2, 0) is 17.6 Å². The molecule has 0 fully saturated rings. The highest BCUT2D eigenvalue weighted by atomic mass is 19.1. The maximum Gasteiger partial charge on any atom is 0.307 e. The molecule has 0 atom stereocenters. The topological polar surface area (TPSA) is 79.7 Å². The maximum absolute atomic E-state index is 15.1. The van der Waals surface area contributed by atoms with Crippen molar-refractivity contribution in [1.29, 1.82) is 0 Å². The Morgan fingerprint density at radius 1 is 1.16 bits per heavy atom. The van der Waals surface area contributed by atoms with Gasteiger partial charge in [-0.05, 0) is 103 Å². The van der Waals surface area contributed by atoms with Crippen molar-refractivity contribution in [2.45, 2.75) is 65.9 Å². The van der Waals surface area contributed by atoms with Gasteiger partial charge in [0.1, 0.15) is 11.6 Å². The molecule has 1 aliphatic rings. The third kappa shape index (κ3) is 5.59. The number of benzene rings is 3. The largest absolute Gasteiger partial charge is 0.493 e. The minimum absolute atomic E-state index is 0.0428. The van der Waals surface area contributed by atoms with Gasteiger partial charge in [-0.25, -0.2) is 4.39 Å². The van der Waals surface area contributed by atoms with Crippen molar-refractivity contribution in [2.24, 2.45) is 0 Å². The van der Waals surface area contributed by atoms with Crippen molar-refractivity contribution >= 4 is 27.6 Å². The van der Waals surface area contributed by atoms with Crippen molar-refractivity contribution in [3.8, 4) is 16.9 Å². The predicted molar refractivity (Wildman–Crippen MR) is 146 cm³/mol. The van der Waals surface area contributed by atoms with Gasteiger partial charge in [0.05, 0.1) is 24.1 Å².